The fraction of sp³-hybridized carbons (Fsp3) is 0.192. The van der Waals surface area contributed by atoms with Crippen LogP contribution in [0.1, 0.15) is 23.6 Å². The van der Waals surface area contributed by atoms with Crippen LogP contribution in [0.25, 0.3) is 0 Å². The molecule has 7 nitrogen and oxygen atoms in total. The lowest BCUT2D eigenvalue weighted by Crippen LogP contribution is -2.21. The highest BCUT2D eigenvalue weighted by Gasteiger charge is 2.14. The molecule has 0 atom stereocenters. The molecule has 1 amide bonds. The fourth-order valence-corrected chi connectivity index (χ4v) is 4.20. The highest BCUT2D eigenvalue weighted by molar-refractivity contribution is 9.10. The number of nitrogens with one attached hydrogen (secondary N) is 1. The van der Waals surface area contributed by atoms with E-state index in [1.165, 1.54) is 11.8 Å². The second-order valence-corrected chi connectivity index (χ2v) is 9.22. The van der Waals surface area contributed by atoms with Gasteiger partial charge in [-0.1, -0.05) is 60.3 Å². The third-order valence-electron chi connectivity index (χ3n) is 4.69. The Hall–Kier alpha value is -3.30. The molecule has 0 aliphatic rings. The molecule has 0 bridgehead atoms. The minimum Gasteiger partial charge on any atom is -0.490 e. The molecule has 0 radical (unpaired) electrons. The predicted octanol–water partition coefficient (Wildman–Crippen LogP) is 5.76. The number of thioether (sulfide) groups is 1. The zero-order valence-electron chi connectivity index (χ0n) is 19.5. The number of rotatable bonds is 10. The second kappa shape index (κ2) is 13.6. The van der Waals surface area contributed by atoms with Crippen LogP contribution in [0.4, 0.5) is 5.69 Å². The molecule has 35 heavy (non-hydrogen) atoms. The number of amidine groups is 1. The van der Waals surface area contributed by atoms with Crippen molar-refractivity contribution in [2.24, 2.45) is 15.9 Å². The number of hydrogen-bond donors (Lipinski definition) is 2. The molecule has 3 N–H and O–H groups in total. The van der Waals surface area contributed by atoms with Gasteiger partial charge in [-0.05, 0) is 64.7 Å². The number of nitrogens with two attached hydrogens (primary N) is 1. The first-order chi connectivity index (χ1) is 17.0. The Morgan fingerprint density at radius 2 is 1.86 bits per heavy atom. The molecule has 0 aromatic heterocycles. The average molecular weight is 555 g/mol. The Labute approximate surface area is 217 Å². The molecule has 3 aromatic carbocycles. The van der Waals surface area contributed by atoms with Crippen LogP contribution in [0.15, 0.2) is 81.4 Å². The molecule has 0 heterocycles. The number of carbonyl (C=O) groups is 1. The normalized spacial score (nSPS) is 11.5. The summed E-state index contributed by atoms with van der Waals surface area (Å²) >= 11 is 4.92. The number of aryl methyl sites for hydroxylation is 1. The molecular weight excluding hydrogens is 528 g/mol. The van der Waals surface area contributed by atoms with Crippen LogP contribution in [0.3, 0.4) is 0 Å². The van der Waals surface area contributed by atoms with Gasteiger partial charge in [0.15, 0.2) is 23.3 Å². The monoisotopic (exact) mass is 554 g/mol. The third kappa shape index (κ3) is 8.45. The van der Waals surface area contributed by atoms with Gasteiger partial charge in [-0.25, -0.2) is 0 Å². The van der Waals surface area contributed by atoms with Crippen LogP contribution in [-0.4, -0.2) is 30.5 Å². The Balaban J connectivity index is 1.63. The molecule has 3 rings (SSSR count). The summed E-state index contributed by atoms with van der Waals surface area (Å²) in [5.41, 5.74) is 9.58. The van der Waals surface area contributed by atoms with E-state index in [-0.39, 0.29) is 12.5 Å². The first kappa shape index (κ1) is 26.3. The Kier molecular flexibility index (Phi) is 10.2. The zero-order valence-corrected chi connectivity index (χ0v) is 21.9. The third-order valence-corrected chi connectivity index (χ3v) is 6.14. The lowest BCUT2D eigenvalue weighted by Gasteiger charge is -2.15. The fourth-order valence-electron chi connectivity index (χ4n) is 3.02. The quantitative estimate of drug-likeness (QED) is 0.189. The highest BCUT2D eigenvalue weighted by atomic mass is 79.9. The molecule has 182 valence electrons. The Morgan fingerprint density at radius 3 is 2.60 bits per heavy atom. The number of halogens is 1. The minimum atomic E-state index is -0.267. The van der Waals surface area contributed by atoms with Crippen molar-refractivity contribution in [2.45, 2.75) is 19.6 Å². The smallest absolute Gasteiger partial charge is 0.262 e. The standard InChI is InChI=1S/C26H27BrN4O3S/c1-3-33-23-14-20(15-29-31-26(28)35-17-19-10-5-4-6-11-19)13-21(27)25(23)34-16-24(32)30-22-12-8-7-9-18(22)2/h4-15H,3,16-17H2,1-2H3,(H2,28,31)(H,30,32). The zero-order chi connectivity index (χ0) is 25.0. The van der Waals surface area contributed by atoms with Gasteiger partial charge in [-0.2, -0.15) is 5.10 Å². The van der Waals surface area contributed by atoms with E-state index in [4.69, 9.17) is 15.2 Å². The van der Waals surface area contributed by atoms with Crippen LogP contribution in [0.2, 0.25) is 0 Å². The van der Waals surface area contributed by atoms with Crippen molar-refractivity contribution in [3.05, 3.63) is 87.9 Å². The summed E-state index contributed by atoms with van der Waals surface area (Å²) in [4.78, 5) is 12.4. The maximum absolute atomic E-state index is 12.4. The second-order valence-electron chi connectivity index (χ2n) is 7.37. The van der Waals surface area contributed by atoms with Crippen molar-refractivity contribution in [1.29, 1.82) is 0 Å². The van der Waals surface area contributed by atoms with Crippen LogP contribution in [-0.2, 0) is 10.5 Å². The largest absolute Gasteiger partial charge is 0.490 e. The van der Waals surface area contributed by atoms with Gasteiger partial charge in [0.25, 0.3) is 5.91 Å². The number of ether oxygens (including phenoxy) is 2. The summed E-state index contributed by atoms with van der Waals surface area (Å²) < 4.78 is 12.1. The van der Waals surface area contributed by atoms with Gasteiger partial charge >= 0.3 is 0 Å². The van der Waals surface area contributed by atoms with Crippen LogP contribution in [0, 0.1) is 6.92 Å². The van der Waals surface area contributed by atoms with Crippen LogP contribution in [0.5, 0.6) is 11.5 Å². The molecule has 9 heteroatoms. The molecule has 3 aromatic rings. The number of hydrogen-bond acceptors (Lipinski definition) is 6. The lowest BCUT2D eigenvalue weighted by atomic mass is 10.2. The lowest BCUT2D eigenvalue weighted by molar-refractivity contribution is -0.118. The summed E-state index contributed by atoms with van der Waals surface area (Å²) in [6.07, 6.45) is 1.58. The van der Waals surface area contributed by atoms with Crippen molar-refractivity contribution < 1.29 is 14.3 Å². The van der Waals surface area contributed by atoms with E-state index in [2.05, 4.69) is 31.4 Å². The van der Waals surface area contributed by atoms with Gasteiger partial charge < -0.3 is 20.5 Å². The molecule has 0 fully saturated rings. The molecule has 0 saturated carbocycles. The molecule has 0 unspecified atom stereocenters. The van der Waals surface area contributed by atoms with E-state index in [1.54, 1.807) is 12.3 Å². The molecule has 0 spiro atoms. The van der Waals surface area contributed by atoms with Gasteiger partial charge in [-0.3, -0.25) is 4.79 Å². The Morgan fingerprint density at radius 1 is 1.11 bits per heavy atom. The van der Waals surface area contributed by atoms with Crippen molar-refractivity contribution >= 4 is 50.7 Å². The highest BCUT2D eigenvalue weighted by Crippen LogP contribution is 2.36. The van der Waals surface area contributed by atoms with Crippen LogP contribution < -0.4 is 20.5 Å². The molecule has 0 saturated heterocycles. The first-order valence-corrected chi connectivity index (χ1v) is 12.7. The number of amides is 1. The van der Waals surface area contributed by atoms with Crippen molar-refractivity contribution in [1.82, 2.24) is 0 Å². The molecular formula is C26H27BrN4O3S. The maximum atomic E-state index is 12.4. The number of para-hydroxylation sites is 1. The molecule has 0 aliphatic heterocycles. The SMILES string of the molecule is CCOc1cc(C=NN=C(N)SCc2ccccc2)cc(Br)c1OCC(=O)Nc1ccccc1C. The topological polar surface area (TPSA) is 98.3 Å². The van der Waals surface area contributed by atoms with Gasteiger partial charge in [0.05, 0.1) is 17.3 Å². The summed E-state index contributed by atoms with van der Waals surface area (Å²) in [6.45, 7) is 4.07. The summed E-state index contributed by atoms with van der Waals surface area (Å²) in [5.74, 6) is 1.37. The first-order valence-electron chi connectivity index (χ1n) is 10.9. The van der Waals surface area contributed by atoms with E-state index < -0.39 is 0 Å². The number of benzene rings is 3. The van der Waals surface area contributed by atoms with Gasteiger partial charge in [-0.15, -0.1) is 5.10 Å². The number of anilines is 1. The summed E-state index contributed by atoms with van der Waals surface area (Å²) in [7, 11) is 0. The van der Waals surface area contributed by atoms with E-state index in [0.717, 1.165) is 28.1 Å². The average Bonchev–Trinajstić information content (AvgIpc) is 2.84. The Bertz CT molecular complexity index is 1200. The maximum Gasteiger partial charge on any atom is 0.262 e. The number of nitrogens with zero attached hydrogens (tertiary/aromatic N) is 2. The van der Waals surface area contributed by atoms with E-state index in [0.29, 0.717) is 27.7 Å². The van der Waals surface area contributed by atoms with E-state index in [1.807, 2.05) is 74.5 Å². The summed E-state index contributed by atoms with van der Waals surface area (Å²) in [5, 5.41) is 11.4. The minimum absolute atomic E-state index is 0.167. The summed E-state index contributed by atoms with van der Waals surface area (Å²) in [6, 6.07) is 21.2. The van der Waals surface area contributed by atoms with Gasteiger partial charge in [0.1, 0.15) is 0 Å². The van der Waals surface area contributed by atoms with Gasteiger partial charge in [0.2, 0.25) is 0 Å². The van der Waals surface area contributed by atoms with Crippen molar-refractivity contribution in [3.8, 4) is 11.5 Å². The van der Waals surface area contributed by atoms with Crippen molar-refractivity contribution in [2.75, 3.05) is 18.5 Å². The van der Waals surface area contributed by atoms with E-state index >= 15 is 0 Å². The van der Waals surface area contributed by atoms with Crippen LogP contribution >= 0.6 is 27.7 Å². The predicted molar refractivity (Wildman–Crippen MR) is 148 cm³/mol. The molecule has 0 aliphatic carbocycles. The van der Waals surface area contributed by atoms with Gasteiger partial charge in [0, 0.05) is 11.4 Å². The van der Waals surface area contributed by atoms with E-state index in [9.17, 15) is 4.79 Å². The van der Waals surface area contributed by atoms with Crippen molar-refractivity contribution in [3.63, 3.8) is 0 Å². The number of carbonyl (C=O) groups excluding carboxylic acids is 1.